The third kappa shape index (κ3) is 4.21. The third-order valence-corrected chi connectivity index (χ3v) is 7.43. The minimum absolute atomic E-state index is 0.747. The zero-order valence-electron chi connectivity index (χ0n) is 16.4. The third-order valence-electron chi connectivity index (χ3n) is 7.20. The van der Waals surface area contributed by atoms with E-state index in [0.717, 1.165) is 23.5 Å². The maximum Gasteiger partial charge on any atom is 0.0426 e. The molecule has 26 heavy (non-hydrogen) atoms. The average Bonchev–Trinajstić information content (AvgIpc) is 3.12. The molecule has 1 spiro atoms. The number of hydrogen-bond acceptors (Lipinski definition) is 3. The van der Waals surface area contributed by atoms with Gasteiger partial charge in [0.15, 0.2) is 0 Å². The van der Waals surface area contributed by atoms with Crippen LogP contribution in [0.3, 0.4) is 0 Å². The van der Waals surface area contributed by atoms with Gasteiger partial charge >= 0.3 is 0 Å². The van der Waals surface area contributed by atoms with Crippen LogP contribution >= 0.6 is 11.6 Å². The first-order valence-electron chi connectivity index (χ1n) is 10.6. The largest absolute Gasteiger partial charge is 0.369 e. The zero-order valence-corrected chi connectivity index (χ0v) is 17.1. The molecule has 2 heterocycles. The molecule has 1 saturated carbocycles. The molecule has 0 N–H and O–H groups in total. The molecule has 1 aromatic rings. The Bertz CT molecular complexity index is 593. The molecule has 0 radical (unpaired) electrons. The summed E-state index contributed by atoms with van der Waals surface area (Å²) in [5.74, 6) is 0. The summed E-state index contributed by atoms with van der Waals surface area (Å²) in [5, 5.41) is 0.846. The van der Waals surface area contributed by atoms with Gasteiger partial charge in [0, 0.05) is 50.0 Å². The van der Waals surface area contributed by atoms with Crippen molar-refractivity contribution in [2.45, 2.75) is 45.4 Å². The molecule has 3 aliphatic rings. The molecule has 0 unspecified atom stereocenters. The van der Waals surface area contributed by atoms with Gasteiger partial charge < -0.3 is 9.80 Å². The highest BCUT2D eigenvalue weighted by Gasteiger charge is 2.36. The molecule has 0 atom stereocenters. The monoisotopic (exact) mass is 375 g/mol. The SMILES string of the molecule is Cc1ccc(Cl)cc1N1CCN(CCN2CCC3(CCCC3)CC2)CC1. The number of piperazine rings is 1. The van der Waals surface area contributed by atoms with E-state index in [2.05, 4.69) is 33.8 Å². The predicted molar refractivity (Wildman–Crippen MR) is 111 cm³/mol. The van der Waals surface area contributed by atoms with E-state index in [1.54, 1.807) is 0 Å². The number of nitrogens with zero attached hydrogens (tertiary/aromatic N) is 3. The number of aryl methyl sites for hydroxylation is 1. The van der Waals surface area contributed by atoms with Crippen molar-refractivity contribution in [1.29, 1.82) is 0 Å². The van der Waals surface area contributed by atoms with Gasteiger partial charge in [-0.25, -0.2) is 0 Å². The summed E-state index contributed by atoms with van der Waals surface area (Å²) in [6.45, 7) is 11.9. The molecule has 0 amide bonds. The molecule has 0 aromatic heterocycles. The highest BCUT2D eigenvalue weighted by Crippen LogP contribution is 2.46. The first kappa shape index (κ1) is 18.6. The van der Waals surface area contributed by atoms with Crippen molar-refractivity contribution >= 4 is 17.3 Å². The van der Waals surface area contributed by atoms with Gasteiger partial charge in [-0.15, -0.1) is 0 Å². The Hall–Kier alpha value is -0.770. The lowest BCUT2D eigenvalue weighted by Crippen LogP contribution is -2.49. The molecule has 4 rings (SSSR count). The fourth-order valence-electron chi connectivity index (χ4n) is 5.29. The van der Waals surface area contributed by atoms with Gasteiger partial charge in [0.1, 0.15) is 0 Å². The molecule has 0 bridgehead atoms. The Balaban J connectivity index is 1.20. The topological polar surface area (TPSA) is 9.72 Å². The molecule has 144 valence electrons. The van der Waals surface area contributed by atoms with Gasteiger partial charge in [-0.3, -0.25) is 4.90 Å². The van der Waals surface area contributed by atoms with E-state index in [9.17, 15) is 0 Å². The lowest BCUT2D eigenvalue weighted by Gasteiger charge is -2.41. The van der Waals surface area contributed by atoms with Crippen molar-refractivity contribution in [3.8, 4) is 0 Å². The van der Waals surface area contributed by atoms with Crippen LogP contribution in [0.1, 0.15) is 44.1 Å². The molecular formula is C22H34ClN3. The first-order chi connectivity index (χ1) is 12.6. The summed E-state index contributed by atoms with van der Waals surface area (Å²) >= 11 is 6.20. The van der Waals surface area contributed by atoms with Crippen LogP contribution < -0.4 is 4.90 Å². The zero-order chi connectivity index (χ0) is 18.0. The standard InChI is InChI=1S/C22H34ClN3/c1-19-4-5-20(23)18-21(19)26-16-14-25(15-17-26)13-12-24-10-8-22(9-11-24)6-2-3-7-22/h4-5,18H,2-3,6-17H2,1H3. The van der Waals surface area contributed by atoms with Gasteiger partial charge in [0.25, 0.3) is 0 Å². The summed E-state index contributed by atoms with van der Waals surface area (Å²) in [7, 11) is 0. The Morgan fingerprint density at radius 1 is 0.846 bits per heavy atom. The van der Waals surface area contributed by atoms with Crippen LogP contribution in [0.4, 0.5) is 5.69 Å². The number of halogens is 1. The van der Waals surface area contributed by atoms with Crippen molar-refractivity contribution in [2.75, 3.05) is 57.3 Å². The second-order valence-electron chi connectivity index (χ2n) is 8.81. The van der Waals surface area contributed by atoms with Crippen LogP contribution in [-0.2, 0) is 0 Å². The molecule has 1 aliphatic carbocycles. The minimum Gasteiger partial charge on any atom is -0.369 e. The number of piperidine rings is 1. The smallest absolute Gasteiger partial charge is 0.0426 e. The van der Waals surface area contributed by atoms with Crippen molar-refractivity contribution < 1.29 is 0 Å². The van der Waals surface area contributed by atoms with Crippen LogP contribution in [0.25, 0.3) is 0 Å². The molecular weight excluding hydrogens is 342 g/mol. The summed E-state index contributed by atoms with van der Waals surface area (Å²) < 4.78 is 0. The van der Waals surface area contributed by atoms with Crippen LogP contribution in [0.2, 0.25) is 5.02 Å². The van der Waals surface area contributed by atoms with E-state index in [0.29, 0.717) is 0 Å². The average molecular weight is 376 g/mol. The van der Waals surface area contributed by atoms with Gasteiger partial charge in [0.2, 0.25) is 0 Å². The lowest BCUT2D eigenvalue weighted by atomic mass is 9.77. The molecule has 1 aromatic carbocycles. The van der Waals surface area contributed by atoms with Gasteiger partial charge in [-0.2, -0.15) is 0 Å². The maximum atomic E-state index is 6.20. The first-order valence-corrected chi connectivity index (χ1v) is 11.0. The normalized spacial score (nSPS) is 24.5. The predicted octanol–water partition coefficient (Wildman–Crippen LogP) is 4.43. The van der Waals surface area contributed by atoms with Crippen LogP contribution in [0.15, 0.2) is 18.2 Å². The number of hydrogen-bond donors (Lipinski definition) is 0. The summed E-state index contributed by atoms with van der Waals surface area (Å²) in [6.07, 6.45) is 8.88. The van der Waals surface area contributed by atoms with Crippen molar-refractivity contribution in [1.82, 2.24) is 9.80 Å². The van der Waals surface area contributed by atoms with E-state index in [-0.39, 0.29) is 0 Å². The Morgan fingerprint density at radius 3 is 2.12 bits per heavy atom. The lowest BCUT2D eigenvalue weighted by molar-refractivity contribution is 0.0968. The summed E-state index contributed by atoms with van der Waals surface area (Å²) in [5.41, 5.74) is 3.39. The summed E-state index contributed by atoms with van der Waals surface area (Å²) in [6, 6.07) is 6.25. The van der Waals surface area contributed by atoms with E-state index < -0.39 is 0 Å². The number of anilines is 1. The molecule has 2 saturated heterocycles. The second-order valence-corrected chi connectivity index (χ2v) is 9.24. The van der Waals surface area contributed by atoms with Crippen LogP contribution in [0.5, 0.6) is 0 Å². The second kappa shape index (κ2) is 8.08. The molecule has 3 fully saturated rings. The van der Waals surface area contributed by atoms with E-state index in [1.807, 2.05) is 6.07 Å². The van der Waals surface area contributed by atoms with Gasteiger partial charge in [0.05, 0.1) is 0 Å². The fraction of sp³-hybridized carbons (Fsp3) is 0.727. The summed E-state index contributed by atoms with van der Waals surface area (Å²) in [4.78, 5) is 7.87. The number of likely N-dealkylation sites (tertiary alicyclic amines) is 1. The van der Waals surface area contributed by atoms with Crippen molar-refractivity contribution in [3.05, 3.63) is 28.8 Å². The fourth-order valence-corrected chi connectivity index (χ4v) is 5.46. The highest BCUT2D eigenvalue weighted by molar-refractivity contribution is 6.30. The maximum absolute atomic E-state index is 6.20. The van der Waals surface area contributed by atoms with Gasteiger partial charge in [-0.05, 0) is 68.8 Å². The Morgan fingerprint density at radius 2 is 1.46 bits per heavy atom. The molecule has 3 nitrogen and oxygen atoms in total. The Labute approximate surface area is 164 Å². The Kier molecular flexibility index (Phi) is 5.78. The minimum atomic E-state index is 0.747. The van der Waals surface area contributed by atoms with Crippen LogP contribution in [-0.4, -0.2) is 62.2 Å². The quantitative estimate of drug-likeness (QED) is 0.770. The van der Waals surface area contributed by atoms with Crippen molar-refractivity contribution in [2.24, 2.45) is 5.41 Å². The van der Waals surface area contributed by atoms with E-state index in [1.165, 1.54) is 89.0 Å². The number of benzene rings is 1. The molecule has 2 aliphatic heterocycles. The van der Waals surface area contributed by atoms with E-state index in [4.69, 9.17) is 11.6 Å². The van der Waals surface area contributed by atoms with Gasteiger partial charge in [-0.1, -0.05) is 30.5 Å². The van der Waals surface area contributed by atoms with Crippen LogP contribution in [0, 0.1) is 12.3 Å². The highest BCUT2D eigenvalue weighted by atomic mass is 35.5. The number of rotatable bonds is 4. The molecule has 4 heteroatoms. The van der Waals surface area contributed by atoms with E-state index >= 15 is 0 Å². The van der Waals surface area contributed by atoms with Crippen molar-refractivity contribution in [3.63, 3.8) is 0 Å².